The number of pyridine rings is 1. The predicted octanol–water partition coefficient (Wildman–Crippen LogP) is 3.85. The van der Waals surface area contributed by atoms with E-state index in [1.54, 1.807) is 6.20 Å². The lowest BCUT2D eigenvalue weighted by molar-refractivity contribution is -0.0186. The Morgan fingerprint density at radius 3 is 2.85 bits per heavy atom. The number of benzene rings is 1. The fourth-order valence-corrected chi connectivity index (χ4v) is 4.26. The predicted molar refractivity (Wildman–Crippen MR) is 105 cm³/mol. The molecule has 2 saturated heterocycles. The molecule has 0 bridgehead atoms. The van der Waals surface area contributed by atoms with Crippen LogP contribution < -0.4 is 5.32 Å². The van der Waals surface area contributed by atoms with Gasteiger partial charge in [0.1, 0.15) is 0 Å². The highest BCUT2D eigenvalue weighted by atomic mass is 16.5. The molecule has 0 unspecified atom stereocenters. The van der Waals surface area contributed by atoms with Gasteiger partial charge >= 0.3 is 6.03 Å². The summed E-state index contributed by atoms with van der Waals surface area (Å²) in [6, 6.07) is 14.2. The minimum Gasteiger partial charge on any atom is -0.381 e. The quantitative estimate of drug-likeness (QED) is 0.899. The number of nitrogens with one attached hydrogen (secondary N) is 1. The first kappa shape index (κ1) is 18.0. The molecule has 1 spiro atoms. The highest BCUT2D eigenvalue weighted by molar-refractivity contribution is 5.74. The zero-order valence-corrected chi connectivity index (χ0v) is 15.7. The zero-order valence-electron chi connectivity index (χ0n) is 15.7. The van der Waals surface area contributed by atoms with E-state index in [4.69, 9.17) is 4.74 Å². The summed E-state index contributed by atoms with van der Waals surface area (Å²) in [7, 11) is 0. The Labute approximate surface area is 160 Å². The molecule has 0 atom stereocenters. The molecule has 0 saturated carbocycles. The van der Waals surface area contributed by atoms with Crippen molar-refractivity contribution in [2.24, 2.45) is 5.41 Å². The summed E-state index contributed by atoms with van der Waals surface area (Å²) >= 11 is 0. The van der Waals surface area contributed by atoms with Gasteiger partial charge in [0.05, 0.1) is 5.69 Å². The molecule has 3 heterocycles. The van der Waals surface area contributed by atoms with E-state index in [1.165, 1.54) is 6.42 Å². The Balaban J connectivity index is 1.36. The lowest BCUT2D eigenvalue weighted by atomic mass is 9.74. The fraction of sp³-hybridized carbons (Fsp3) is 0.455. The second-order valence-electron chi connectivity index (χ2n) is 7.71. The lowest BCUT2D eigenvalue weighted by Crippen LogP contribution is -2.51. The summed E-state index contributed by atoms with van der Waals surface area (Å²) in [5, 5.41) is 3.10. The molecular weight excluding hydrogens is 338 g/mol. The molecule has 2 amide bonds. The van der Waals surface area contributed by atoms with Crippen LogP contribution in [0.3, 0.4) is 0 Å². The Bertz CT molecular complexity index is 767. The van der Waals surface area contributed by atoms with Crippen LogP contribution in [0.2, 0.25) is 0 Å². The van der Waals surface area contributed by atoms with Gasteiger partial charge in [0.25, 0.3) is 0 Å². The van der Waals surface area contributed by atoms with Crippen LogP contribution in [-0.4, -0.2) is 42.2 Å². The van der Waals surface area contributed by atoms with Crippen LogP contribution in [0.4, 0.5) is 4.79 Å². The molecule has 27 heavy (non-hydrogen) atoms. The second-order valence-corrected chi connectivity index (χ2v) is 7.71. The van der Waals surface area contributed by atoms with Crippen molar-refractivity contribution < 1.29 is 9.53 Å². The van der Waals surface area contributed by atoms with Crippen LogP contribution in [0.25, 0.3) is 11.3 Å². The van der Waals surface area contributed by atoms with Crippen LogP contribution in [-0.2, 0) is 11.3 Å². The number of amides is 2. The first-order chi connectivity index (χ1) is 13.2. The number of rotatable bonds is 3. The minimum atomic E-state index is 0.0452. The number of carbonyl (C=O) groups excluding carboxylic acids is 1. The SMILES string of the molecule is O=C(NCc1cccc(-c2ccccn2)c1)N1CCCC2(CCOCC2)C1. The molecule has 2 fully saturated rings. The van der Waals surface area contributed by atoms with Crippen LogP contribution in [0, 0.1) is 5.41 Å². The molecule has 1 aromatic heterocycles. The van der Waals surface area contributed by atoms with Gasteiger partial charge in [0.2, 0.25) is 0 Å². The number of carbonyl (C=O) groups is 1. The summed E-state index contributed by atoms with van der Waals surface area (Å²) in [4.78, 5) is 19.1. The van der Waals surface area contributed by atoms with Gasteiger partial charge in [-0.3, -0.25) is 4.98 Å². The summed E-state index contributed by atoms with van der Waals surface area (Å²) in [5.41, 5.74) is 3.38. The Kier molecular flexibility index (Phi) is 5.39. The number of hydrogen-bond acceptors (Lipinski definition) is 3. The first-order valence-electron chi connectivity index (χ1n) is 9.85. The lowest BCUT2D eigenvalue weighted by Gasteiger charge is -2.45. The minimum absolute atomic E-state index is 0.0452. The largest absolute Gasteiger partial charge is 0.381 e. The van der Waals surface area contributed by atoms with E-state index in [1.807, 2.05) is 41.3 Å². The monoisotopic (exact) mass is 365 g/mol. The number of urea groups is 1. The maximum Gasteiger partial charge on any atom is 0.317 e. The van der Waals surface area contributed by atoms with Crippen LogP contribution in [0.5, 0.6) is 0 Å². The van der Waals surface area contributed by atoms with Crippen molar-refractivity contribution in [2.45, 2.75) is 32.2 Å². The van der Waals surface area contributed by atoms with Crippen molar-refractivity contribution in [3.05, 3.63) is 54.2 Å². The highest BCUT2D eigenvalue weighted by Gasteiger charge is 2.38. The molecule has 5 heteroatoms. The maximum absolute atomic E-state index is 12.7. The van der Waals surface area contributed by atoms with Crippen LogP contribution >= 0.6 is 0 Å². The molecule has 2 aliphatic rings. The van der Waals surface area contributed by atoms with Crippen molar-refractivity contribution in [1.29, 1.82) is 0 Å². The third-order valence-corrected chi connectivity index (χ3v) is 5.83. The van der Waals surface area contributed by atoms with Gasteiger partial charge in [-0.05, 0) is 54.9 Å². The van der Waals surface area contributed by atoms with Gasteiger partial charge in [0.15, 0.2) is 0 Å². The van der Waals surface area contributed by atoms with Gasteiger partial charge in [-0.25, -0.2) is 4.79 Å². The number of aromatic nitrogens is 1. The van der Waals surface area contributed by atoms with Crippen molar-refractivity contribution >= 4 is 6.03 Å². The van der Waals surface area contributed by atoms with Crippen LogP contribution in [0.15, 0.2) is 48.7 Å². The molecule has 2 aromatic rings. The van der Waals surface area contributed by atoms with E-state index in [0.717, 1.165) is 62.4 Å². The average Bonchev–Trinajstić information content (AvgIpc) is 2.73. The number of ether oxygens (including phenoxy) is 1. The van der Waals surface area contributed by atoms with E-state index in [2.05, 4.69) is 16.4 Å². The highest BCUT2D eigenvalue weighted by Crippen LogP contribution is 2.39. The average molecular weight is 365 g/mol. The van der Waals surface area contributed by atoms with E-state index in [-0.39, 0.29) is 11.4 Å². The van der Waals surface area contributed by atoms with Gasteiger partial charge in [-0.15, -0.1) is 0 Å². The van der Waals surface area contributed by atoms with Crippen molar-refractivity contribution in [3.63, 3.8) is 0 Å². The number of likely N-dealkylation sites (tertiary alicyclic amines) is 1. The van der Waals surface area contributed by atoms with Crippen molar-refractivity contribution in [2.75, 3.05) is 26.3 Å². The molecule has 142 valence electrons. The third-order valence-electron chi connectivity index (χ3n) is 5.83. The number of piperidine rings is 1. The van der Waals surface area contributed by atoms with Crippen LogP contribution in [0.1, 0.15) is 31.2 Å². The zero-order chi connectivity index (χ0) is 18.5. The topological polar surface area (TPSA) is 54.5 Å². The summed E-state index contributed by atoms with van der Waals surface area (Å²) < 4.78 is 5.52. The van der Waals surface area contributed by atoms with E-state index >= 15 is 0 Å². The standard InChI is InChI=1S/C22H27N3O2/c26-21(25-12-4-8-22(17-25)9-13-27-14-10-22)24-16-18-5-3-6-19(15-18)20-7-1-2-11-23-20/h1-3,5-7,11,15H,4,8-10,12-14,16-17H2,(H,24,26). The van der Waals surface area contributed by atoms with E-state index in [9.17, 15) is 4.79 Å². The molecule has 1 aromatic carbocycles. The van der Waals surface area contributed by atoms with Gasteiger partial charge in [-0.2, -0.15) is 0 Å². The molecule has 1 N–H and O–H groups in total. The normalized spacial score (nSPS) is 19.0. The molecular formula is C22H27N3O2. The Morgan fingerprint density at radius 2 is 2.04 bits per heavy atom. The van der Waals surface area contributed by atoms with Crippen molar-refractivity contribution in [3.8, 4) is 11.3 Å². The first-order valence-corrected chi connectivity index (χ1v) is 9.85. The third kappa shape index (κ3) is 4.30. The van der Waals surface area contributed by atoms with E-state index < -0.39 is 0 Å². The summed E-state index contributed by atoms with van der Waals surface area (Å²) in [5.74, 6) is 0. The molecule has 5 nitrogen and oxygen atoms in total. The molecule has 0 radical (unpaired) electrons. The Morgan fingerprint density at radius 1 is 1.15 bits per heavy atom. The summed E-state index contributed by atoms with van der Waals surface area (Å²) in [6.45, 7) is 3.90. The fourth-order valence-electron chi connectivity index (χ4n) is 4.26. The summed E-state index contributed by atoms with van der Waals surface area (Å²) in [6.07, 6.45) is 6.24. The molecule has 0 aliphatic carbocycles. The van der Waals surface area contributed by atoms with E-state index in [0.29, 0.717) is 6.54 Å². The number of nitrogens with zero attached hydrogens (tertiary/aromatic N) is 2. The molecule has 2 aliphatic heterocycles. The van der Waals surface area contributed by atoms with Gasteiger partial charge < -0.3 is 15.0 Å². The molecule has 4 rings (SSSR count). The van der Waals surface area contributed by atoms with Gasteiger partial charge in [-0.1, -0.05) is 24.3 Å². The van der Waals surface area contributed by atoms with Crippen molar-refractivity contribution in [1.82, 2.24) is 15.2 Å². The number of hydrogen-bond donors (Lipinski definition) is 1. The smallest absolute Gasteiger partial charge is 0.317 e. The van der Waals surface area contributed by atoms with Gasteiger partial charge in [0, 0.05) is 44.6 Å². The Hall–Kier alpha value is -2.40. The maximum atomic E-state index is 12.7. The second kappa shape index (κ2) is 8.09.